The van der Waals surface area contributed by atoms with Crippen molar-refractivity contribution in [2.45, 2.75) is 49.5 Å². The Kier molecular flexibility index (Phi) is 3.73. The zero-order chi connectivity index (χ0) is 14.1. The number of sulfonamides is 1. The summed E-state index contributed by atoms with van der Waals surface area (Å²) in [5.74, 6) is -0.108. The van der Waals surface area contributed by atoms with Crippen molar-refractivity contribution >= 4 is 15.7 Å². The number of hydrogen-bond acceptors (Lipinski definition) is 4. The molecule has 0 aliphatic heterocycles. The van der Waals surface area contributed by atoms with Gasteiger partial charge >= 0.3 is 0 Å². The van der Waals surface area contributed by atoms with Crippen molar-refractivity contribution in [3.63, 3.8) is 0 Å². The number of aromatic hydroxyl groups is 1. The van der Waals surface area contributed by atoms with Gasteiger partial charge in [-0.2, -0.15) is 0 Å². The fourth-order valence-electron chi connectivity index (χ4n) is 2.52. The Morgan fingerprint density at radius 1 is 1.26 bits per heavy atom. The van der Waals surface area contributed by atoms with Crippen LogP contribution in [0.15, 0.2) is 23.1 Å². The van der Waals surface area contributed by atoms with Gasteiger partial charge in [0.25, 0.3) is 0 Å². The van der Waals surface area contributed by atoms with Gasteiger partial charge in [-0.25, -0.2) is 13.1 Å². The van der Waals surface area contributed by atoms with Crippen LogP contribution in [-0.4, -0.2) is 19.1 Å². The van der Waals surface area contributed by atoms with Gasteiger partial charge in [-0.1, -0.05) is 19.3 Å². The second kappa shape index (κ2) is 5.02. The van der Waals surface area contributed by atoms with E-state index in [1.807, 2.05) is 6.92 Å². The number of nitrogens with one attached hydrogen (secondary N) is 1. The van der Waals surface area contributed by atoms with Crippen molar-refractivity contribution in [2.24, 2.45) is 0 Å². The van der Waals surface area contributed by atoms with Crippen molar-refractivity contribution in [1.29, 1.82) is 0 Å². The quantitative estimate of drug-likeness (QED) is 0.584. The first kappa shape index (κ1) is 14.1. The van der Waals surface area contributed by atoms with Gasteiger partial charge in [-0.15, -0.1) is 0 Å². The van der Waals surface area contributed by atoms with E-state index in [4.69, 9.17) is 5.73 Å². The molecule has 1 saturated carbocycles. The smallest absolute Gasteiger partial charge is 0.241 e. The maximum atomic E-state index is 12.3. The fraction of sp³-hybridized carbons (Fsp3) is 0.538. The van der Waals surface area contributed by atoms with Crippen molar-refractivity contribution in [3.05, 3.63) is 18.2 Å². The molecular weight excluding hydrogens is 264 g/mol. The molecule has 1 aliphatic carbocycles. The molecule has 0 amide bonds. The standard InChI is InChI=1S/C13H20N2O3S/c1-13(7-3-2-4-8-13)15-19(17,18)10-5-6-12(16)11(14)9-10/h5-6,9,15-16H,2-4,7-8,14H2,1H3. The topological polar surface area (TPSA) is 92.4 Å². The first-order valence-corrected chi connectivity index (χ1v) is 7.93. The minimum Gasteiger partial charge on any atom is -0.506 e. The monoisotopic (exact) mass is 284 g/mol. The summed E-state index contributed by atoms with van der Waals surface area (Å²) in [5, 5.41) is 9.34. The van der Waals surface area contributed by atoms with Crippen LogP contribution >= 0.6 is 0 Å². The van der Waals surface area contributed by atoms with E-state index < -0.39 is 10.0 Å². The maximum absolute atomic E-state index is 12.3. The molecule has 2 rings (SSSR count). The van der Waals surface area contributed by atoms with E-state index in [1.165, 1.54) is 18.2 Å². The van der Waals surface area contributed by atoms with Gasteiger partial charge in [0, 0.05) is 5.54 Å². The summed E-state index contributed by atoms with van der Waals surface area (Å²) in [5.41, 5.74) is 5.22. The van der Waals surface area contributed by atoms with Gasteiger partial charge in [-0.3, -0.25) is 0 Å². The lowest BCUT2D eigenvalue weighted by molar-refractivity contribution is 0.294. The molecule has 0 atom stereocenters. The van der Waals surface area contributed by atoms with E-state index in [1.54, 1.807) is 0 Å². The fourth-order valence-corrected chi connectivity index (χ4v) is 4.02. The van der Waals surface area contributed by atoms with Crippen molar-refractivity contribution < 1.29 is 13.5 Å². The Morgan fingerprint density at radius 2 is 1.89 bits per heavy atom. The molecule has 0 radical (unpaired) electrons. The van der Waals surface area contributed by atoms with Crippen LogP contribution in [0.4, 0.5) is 5.69 Å². The lowest BCUT2D eigenvalue weighted by Crippen LogP contribution is -2.47. The normalized spacial score (nSPS) is 19.2. The molecule has 6 heteroatoms. The molecule has 0 heterocycles. The SMILES string of the molecule is CC1(NS(=O)(=O)c2ccc(O)c(N)c2)CCCCC1. The van der Waals surface area contributed by atoms with Gasteiger partial charge in [-0.05, 0) is 38.0 Å². The Morgan fingerprint density at radius 3 is 2.47 bits per heavy atom. The molecular formula is C13H20N2O3S. The lowest BCUT2D eigenvalue weighted by Gasteiger charge is -2.34. The van der Waals surface area contributed by atoms with Gasteiger partial charge in [0.05, 0.1) is 10.6 Å². The van der Waals surface area contributed by atoms with E-state index >= 15 is 0 Å². The largest absolute Gasteiger partial charge is 0.506 e. The summed E-state index contributed by atoms with van der Waals surface area (Å²) >= 11 is 0. The number of anilines is 1. The van der Waals surface area contributed by atoms with E-state index in [2.05, 4.69) is 4.72 Å². The summed E-state index contributed by atoms with van der Waals surface area (Å²) in [7, 11) is -3.60. The van der Waals surface area contributed by atoms with Crippen LogP contribution in [-0.2, 0) is 10.0 Å². The van der Waals surface area contributed by atoms with Crippen LogP contribution in [0.3, 0.4) is 0 Å². The Labute approximate surface area is 113 Å². The third kappa shape index (κ3) is 3.19. The average molecular weight is 284 g/mol. The summed E-state index contributed by atoms with van der Waals surface area (Å²) in [6.45, 7) is 1.94. The van der Waals surface area contributed by atoms with Crippen molar-refractivity contribution in [1.82, 2.24) is 4.72 Å². The molecule has 19 heavy (non-hydrogen) atoms. The number of rotatable bonds is 3. The van der Waals surface area contributed by atoms with E-state index in [0.717, 1.165) is 32.1 Å². The maximum Gasteiger partial charge on any atom is 0.241 e. The Bertz CT molecular complexity index is 563. The number of hydrogen-bond donors (Lipinski definition) is 3. The minimum absolute atomic E-state index is 0.0664. The van der Waals surface area contributed by atoms with Crippen LogP contribution in [0.2, 0.25) is 0 Å². The number of nitrogen functional groups attached to an aromatic ring is 1. The van der Waals surface area contributed by atoms with Crippen molar-refractivity contribution in [2.75, 3.05) is 5.73 Å². The van der Waals surface area contributed by atoms with E-state index in [9.17, 15) is 13.5 Å². The molecule has 1 fully saturated rings. The number of benzene rings is 1. The summed E-state index contributed by atoms with van der Waals surface area (Å²) in [6.07, 6.45) is 4.93. The van der Waals surface area contributed by atoms with Gasteiger partial charge in [0.1, 0.15) is 5.75 Å². The highest BCUT2D eigenvalue weighted by Gasteiger charge is 2.32. The number of phenols is 1. The minimum atomic E-state index is -3.60. The second-order valence-corrected chi connectivity index (χ2v) is 7.13. The average Bonchev–Trinajstić information content (AvgIpc) is 2.32. The highest BCUT2D eigenvalue weighted by molar-refractivity contribution is 7.89. The number of nitrogens with two attached hydrogens (primary N) is 1. The van der Waals surface area contributed by atoms with Gasteiger partial charge in [0.15, 0.2) is 0 Å². The zero-order valence-electron chi connectivity index (χ0n) is 11.0. The molecule has 0 spiro atoms. The predicted octanol–water partition coefficient (Wildman–Crippen LogP) is 1.98. The molecule has 0 aromatic heterocycles. The third-order valence-electron chi connectivity index (χ3n) is 3.65. The molecule has 0 bridgehead atoms. The molecule has 106 valence electrons. The predicted molar refractivity (Wildman–Crippen MR) is 74.3 cm³/mol. The number of phenolic OH excluding ortho intramolecular Hbond substituents is 1. The molecule has 1 aromatic carbocycles. The molecule has 0 saturated heterocycles. The highest BCUT2D eigenvalue weighted by atomic mass is 32.2. The van der Waals surface area contributed by atoms with Crippen LogP contribution < -0.4 is 10.5 Å². The first-order valence-electron chi connectivity index (χ1n) is 6.45. The third-order valence-corrected chi connectivity index (χ3v) is 5.28. The summed E-state index contributed by atoms with van der Waals surface area (Å²) in [4.78, 5) is 0.0922. The lowest BCUT2D eigenvalue weighted by atomic mass is 9.84. The Hall–Kier alpha value is -1.27. The molecule has 5 nitrogen and oxygen atoms in total. The van der Waals surface area contributed by atoms with Crippen LogP contribution in [0.1, 0.15) is 39.0 Å². The molecule has 1 aromatic rings. The molecule has 1 aliphatic rings. The van der Waals surface area contributed by atoms with Crippen LogP contribution in [0.25, 0.3) is 0 Å². The molecule has 0 unspecified atom stereocenters. The van der Waals surface area contributed by atoms with E-state index in [-0.39, 0.29) is 21.9 Å². The van der Waals surface area contributed by atoms with Gasteiger partial charge < -0.3 is 10.8 Å². The zero-order valence-corrected chi connectivity index (χ0v) is 11.8. The highest BCUT2D eigenvalue weighted by Crippen LogP contribution is 2.30. The van der Waals surface area contributed by atoms with E-state index in [0.29, 0.717) is 0 Å². The van der Waals surface area contributed by atoms with Gasteiger partial charge in [0.2, 0.25) is 10.0 Å². The van der Waals surface area contributed by atoms with Crippen LogP contribution in [0.5, 0.6) is 5.75 Å². The Balaban J connectivity index is 2.24. The van der Waals surface area contributed by atoms with Crippen LogP contribution in [0, 0.1) is 0 Å². The second-order valence-electron chi connectivity index (χ2n) is 5.45. The van der Waals surface area contributed by atoms with Crippen molar-refractivity contribution in [3.8, 4) is 5.75 Å². The first-order chi connectivity index (χ1) is 8.82. The summed E-state index contributed by atoms with van der Waals surface area (Å²) in [6, 6.07) is 3.94. The molecule has 4 N–H and O–H groups in total. The summed E-state index contributed by atoms with van der Waals surface area (Å²) < 4.78 is 27.4.